The van der Waals surface area contributed by atoms with Crippen LogP contribution in [0.15, 0.2) is 41.6 Å². The quantitative estimate of drug-likeness (QED) is 0.552. The van der Waals surface area contributed by atoms with Gasteiger partial charge in [0.2, 0.25) is 5.91 Å². The van der Waals surface area contributed by atoms with E-state index in [1.165, 1.54) is 24.5 Å². The minimum absolute atomic E-state index is 0.0471. The second-order valence-corrected chi connectivity index (χ2v) is 4.64. The van der Waals surface area contributed by atoms with E-state index in [2.05, 4.69) is 10.3 Å². The molecule has 0 atom stereocenters. The van der Waals surface area contributed by atoms with Crippen molar-refractivity contribution in [3.05, 3.63) is 58.0 Å². The molecule has 0 aliphatic heterocycles. The molecular weight excluding hydrogens is 312 g/mol. The maximum atomic E-state index is 14.1. The molecule has 8 nitrogen and oxygen atoms in total. The Bertz CT molecular complexity index is 778. The summed E-state index contributed by atoms with van der Waals surface area (Å²) in [6, 6.07) is 3.61. The van der Waals surface area contributed by atoms with Crippen LogP contribution in [0.3, 0.4) is 0 Å². The molecule has 2 rings (SSSR count). The number of anilines is 1. The predicted octanol–water partition coefficient (Wildman–Crippen LogP) is -0.434. The molecule has 2 heterocycles. The summed E-state index contributed by atoms with van der Waals surface area (Å²) in [6.07, 6.45) is 3.32. The van der Waals surface area contributed by atoms with E-state index < -0.39 is 36.2 Å². The third-order valence-corrected chi connectivity index (χ3v) is 2.92. The van der Waals surface area contributed by atoms with Crippen LogP contribution in [0, 0.1) is 5.21 Å². The Kier molecular flexibility index (Phi) is 4.53. The topological polar surface area (TPSA) is 117 Å². The monoisotopic (exact) mass is 325 g/mol. The molecule has 0 spiro atoms. The van der Waals surface area contributed by atoms with Gasteiger partial charge in [-0.05, 0) is 6.07 Å². The predicted molar refractivity (Wildman–Crippen MR) is 75.5 cm³/mol. The highest BCUT2D eigenvalue weighted by Crippen LogP contribution is 2.24. The van der Waals surface area contributed by atoms with Crippen LogP contribution in [0.25, 0.3) is 0 Å². The standard InChI is InChI=1S/C13H13F2N5O3/c14-13(15,9-3-1-2-5-20(9)23)8-18-11-12(22)19(6-4-17-11)7-10(16)21/h1-6H,7-8H2,(H2,16,21)(H,17,18). The lowest BCUT2D eigenvalue weighted by molar-refractivity contribution is -0.624. The van der Waals surface area contributed by atoms with E-state index in [1.807, 2.05) is 0 Å². The van der Waals surface area contributed by atoms with Crippen LogP contribution in [-0.4, -0.2) is 22.0 Å². The van der Waals surface area contributed by atoms with Crippen LogP contribution in [0.2, 0.25) is 0 Å². The van der Waals surface area contributed by atoms with E-state index in [-0.39, 0.29) is 10.5 Å². The number of hydrogen-bond donors (Lipinski definition) is 2. The molecule has 0 saturated heterocycles. The Labute approximate surface area is 128 Å². The lowest BCUT2D eigenvalue weighted by Gasteiger charge is -2.16. The second-order valence-electron chi connectivity index (χ2n) is 4.64. The molecule has 1 amide bonds. The van der Waals surface area contributed by atoms with Gasteiger partial charge in [0.1, 0.15) is 6.54 Å². The number of alkyl halides is 2. The number of nitrogens with one attached hydrogen (secondary N) is 1. The lowest BCUT2D eigenvalue weighted by atomic mass is 10.2. The summed E-state index contributed by atoms with van der Waals surface area (Å²) in [5.74, 6) is -4.66. The normalized spacial score (nSPS) is 11.2. The number of pyridine rings is 1. The number of primary amides is 1. The largest absolute Gasteiger partial charge is 0.618 e. The zero-order valence-corrected chi connectivity index (χ0v) is 11.8. The first-order valence-electron chi connectivity index (χ1n) is 6.45. The molecule has 2 aromatic rings. The summed E-state index contributed by atoms with van der Waals surface area (Å²) in [4.78, 5) is 26.4. The first kappa shape index (κ1) is 16.3. The van der Waals surface area contributed by atoms with E-state index in [1.54, 1.807) is 0 Å². The molecule has 122 valence electrons. The Morgan fingerprint density at radius 2 is 2.22 bits per heavy atom. The van der Waals surface area contributed by atoms with Gasteiger partial charge in [0.15, 0.2) is 12.0 Å². The number of nitrogens with zero attached hydrogens (tertiary/aromatic N) is 3. The summed E-state index contributed by atoms with van der Waals surface area (Å²) in [7, 11) is 0. The van der Waals surface area contributed by atoms with E-state index in [9.17, 15) is 23.6 Å². The smallest absolute Gasteiger partial charge is 0.347 e. The molecular formula is C13H13F2N5O3. The summed E-state index contributed by atoms with van der Waals surface area (Å²) in [6.45, 7) is -1.41. The Morgan fingerprint density at radius 3 is 2.87 bits per heavy atom. The van der Waals surface area contributed by atoms with Crippen molar-refractivity contribution < 1.29 is 18.3 Å². The van der Waals surface area contributed by atoms with Gasteiger partial charge >= 0.3 is 5.92 Å². The van der Waals surface area contributed by atoms with Crippen molar-refractivity contribution in [1.29, 1.82) is 0 Å². The fourth-order valence-electron chi connectivity index (χ4n) is 1.86. The van der Waals surface area contributed by atoms with Crippen LogP contribution in [-0.2, 0) is 17.3 Å². The van der Waals surface area contributed by atoms with Crippen LogP contribution < -0.4 is 21.3 Å². The highest BCUT2D eigenvalue weighted by Gasteiger charge is 2.39. The van der Waals surface area contributed by atoms with Gasteiger partial charge in [-0.25, -0.2) is 4.98 Å². The highest BCUT2D eigenvalue weighted by molar-refractivity contribution is 5.73. The van der Waals surface area contributed by atoms with E-state index in [0.29, 0.717) is 0 Å². The highest BCUT2D eigenvalue weighted by atomic mass is 19.3. The average molecular weight is 325 g/mol. The van der Waals surface area contributed by atoms with Gasteiger partial charge in [0.25, 0.3) is 11.3 Å². The third kappa shape index (κ3) is 3.78. The van der Waals surface area contributed by atoms with E-state index in [0.717, 1.165) is 16.8 Å². The molecule has 0 unspecified atom stereocenters. The first-order valence-corrected chi connectivity index (χ1v) is 6.45. The molecule has 0 aromatic carbocycles. The molecule has 10 heteroatoms. The fourth-order valence-corrected chi connectivity index (χ4v) is 1.86. The molecule has 0 fully saturated rings. The van der Waals surface area contributed by atoms with Gasteiger partial charge in [-0.15, -0.1) is 0 Å². The van der Waals surface area contributed by atoms with E-state index >= 15 is 0 Å². The zero-order chi connectivity index (χ0) is 17.0. The number of aromatic nitrogens is 3. The first-order chi connectivity index (χ1) is 10.8. The Hall–Kier alpha value is -3.04. The van der Waals surface area contributed by atoms with Gasteiger partial charge in [-0.1, -0.05) is 0 Å². The summed E-state index contributed by atoms with van der Waals surface area (Å²) < 4.78 is 29.1. The number of amides is 1. The van der Waals surface area contributed by atoms with Gasteiger partial charge in [-0.2, -0.15) is 13.5 Å². The summed E-state index contributed by atoms with van der Waals surface area (Å²) in [5, 5.41) is 13.6. The van der Waals surface area contributed by atoms with Crippen LogP contribution in [0.5, 0.6) is 0 Å². The molecule has 0 saturated carbocycles. The second kappa shape index (κ2) is 6.38. The molecule has 0 radical (unpaired) electrons. The summed E-state index contributed by atoms with van der Waals surface area (Å²) in [5.41, 5.74) is 3.45. The van der Waals surface area contributed by atoms with Crippen molar-refractivity contribution in [2.75, 3.05) is 11.9 Å². The van der Waals surface area contributed by atoms with E-state index in [4.69, 9.17) is 5.73 Å². The zero-order valence-electron chi connectivity index (χ0n) is 11.8. The van der Waals surface area contributed by atoms with Crippen molar-refractivity contribution in [2.24, 2.45) is 5.73 Å². The van der Waals surface area contributed by atoms with Crippen LogP contribution >= 0.6 is 0 Å². The minimum Gasteiger partial charge on any atom is -0.618 e. The lowest BCUT2D eigenvalue weighted by Crippen LogP contribution is -2.41. The third-order valence-electron chi connectivity index (χ3n) is 2.92. The summed E-state index contributed by atoms with van der Waals surface area (Å²) >= 11 is 0. The van der Waals surface area contributed by atoms with Gasteiger partial charge in [-0.3, -0.25) is 9.59 Å². The number of nitrogens with two attached hydrogens (primary N) is 1. The van der Waals surface area contributed by atoms with Crippen molar-refractivity contribution in [1.82, 2.24) is 9.55 Å². The molecule has 0 aliphatic carbocycles. The van der Waals surface area contributed by atoms with Gasteiger partial charge < -0.3 is 20.8 Å². The van der Waals surface area contributed by atoms with Gasteiger partial charge in [0.05, 0.1) is 6.54 Å². The van der Waals surface area contributed by atoms with Crippen LogP contribution in [0.4, 0.5) is 14.6 Å². The number of hydrogen-bond acceptors (Lipinski definition) is 5. The molecule has 3 N–H and O–H groups in total. The van der Waals surface area contributed by atoms with Crippen molar-refractivity contribution in [3.8, 4) is 0 Å². The SMILES string of the molecule is NC(=O)Cn1ccnc(NCC(F)(F)c2cccc[n+]2[O-])c1=O. The Morgan fingerprint density at radius 1 is 1.48 bits per heavy atom. The molecule has 0 aliphatic rings. The van der Waals surface area contributed by atoms with Crippen LogP contribution in [0.1, 0.15) is 5.69 Å². The number of halogens is 2. The Balaban J connectivity index is 2.19. The average Bonchev–Trinajstić information content (AvgIpc) is 2.48. The van der Waals surface area contributed by atoms with Crippen molar-refractivity contribution >= 4 is 11.7 Å². The minimum atomic E-state index is -3.53. The van der Waals surface area contributed by atoms with Gasteiger partial charge in [0, 0.05) is 24.5 Å². The maximum Gasteiger partial charge on any atom is 0.347 e. The molecule has 0 bridgehead atoms. The van der Waals surface area contributed by atoms with Crippen molar-refractivity contribution in [2.45, 2.75) is 12.5 Å². The number of carbonyl (C=O) groups is 1. The number of carbonyl (C=O) groups excluding carboxylic acids is 1. The molecule has 2 aromatic heterocycles. The fraction of sp³-hybridized carbons (Fsp3) is 0.231. The maximum absolute atomic E-state index is 14.1. The van der Waals surface area contributed by atoms with Crippen molar-refractivity contribution in [3.63, 3.8) is 0 Å². The molecule has 23 heavy (non-hydrogen) atoms. The number of rotatable bonds is 6.